The van der Waals surface area contributed by atoms with Crippen LogP contribution in [0, 0.1) is 5.92 Å². The summed E-state index contributed by atoms with van der Waals surface area (Å²) < 4.78 is 0. The van der Waals surface area contributed by atoms with Crippen molar-refractivity contribution in [2.75, 3.05) is 13.1 Å². The fraction of sp³-hybridized carbons (Fsp3) is 0.208. The summed E-state index contributed by atoms with van der Waals surface area (Å²) in [5.74, 6) is -0.151. The summed E-state index contributed by atoms with van der Waals surface area (Å²) in [4.78, 5) is 19.1. The van der Waals surface area contributed by atoms with Crippen molar-refractivity contribution in [1.82, 2.24) is 20.1 Å². The third-order valence-corrected chi connectivity index (χ3v) is 5.79. The van der Waals surface area contributed by atoms with Crippen LogP contribution in [0.2, 0.25) is 0 Å². The second-order valence-electron chi connectivity index (χ2n) is 7.76. The van der Waals surface area contributed by atoms with Crippen molar-refractivity contribution >= 4 is 16.8 Å². The van der Waals surface area contributed by atoms with Crippen LogP contribution in [0.1, 0.15) is 16.1 Å². The van der Waals surface area contributed by atoms with Gasteiger partial charge in [0.25, 0.3) is 5.91 Å². The third kappa shape index (κ3) is 3.46. The Morgan fingerprint density at radius 2 is 1.87 bits per heavy atom. The van der Waals surface area contributed by atoms with E-state index in [0.717, 1.165) is 27.7 Å². The van der Waals surface area contributed by atoms with Crippen LogP contribution in [-0.2, 0) is 6.42 Å². The van der Waals surface area contributed by atoms with Crippen molar-refractivity contribution in [3.8, 4) is 11.3 Å². The van der Waals surface area contributed by atoms with Crippen molar-refractivity contribution in [2.45, 2.75) is 12.5 Å². The van der Waals surface area contributed by atoms with Crippen LogP contribution in [0.3, 0.4) is 0 Å². The Hall–Kier alpha value is -3.51. The SMILES string of the molecule is O=C(c1cc(-c2ccccc2)n[nH]1)N1C[C@@H](Cc2ccnc3ccccc23)[C@H](O)C1. The van der Waals surface area contributed by atoms with Gasteiger partial charge in [-0.25, -0.2) is 0 Å². The van der Waals surface area contributed by atoms with Gasteiger partial charge in [0.05, 0.1) is 17.3 Å². The lowest BCUT2D eigenvalue weighted by Crippen LogP contribution is -2.29. The molecule has 0 unspecified atom stereocenters. The number of H-pyrrole nitrogens is 1. The number of nitrogens with zero attached hydrogens (tertiary/aromatic N) is 3. The highest BCUT2D eigenvalue weighted by Crippen LogP contribution is 2.27. The number of benzene rings is 2. The zero-order chi connectivity index (χ0) is 20.5. The maximum atomic E-state index is 13.0. The van der Waals surface area contributed by atoms with Crippen molar-refractivity contribution in [3.63, 3.8) is 0 Å². The Balaban J connectivity index is 1.32. The Morgan fingerprint density at radius 1 is 1.07 bits per heavy atom. The molecule has 0 aliphatic carbocycles. The molecule has 3 heterocycles. The minimum atomic E-state index is -0.558. The standard InChI is InChI=1S/C24H22N4O2/c29-23-15-28(24(30)22-13-21(26-27-22)16-6-2-1-3-7-16)14-18(23)12-17-10-11-25-20-9-5-4-8-19(17)20/h1-11,13,18,23,29H,12,14-15H2,(H,26,27)/t18-,23-/m1/s1. The van der Waals surface area contributed by atoms with E-state index in [1.807, 2.05) is 54.6 Å². The summed E-state index contributed by atoms with van der Waals surface area (Å²) in [6.07, 6.45) is 1.95. The van der Waals surface area contributed by atoms with E-state index in [9.17, 15) is 9.90 Å². The quantitative estimate of drug-likeness (QED) is 0.553. The molecule has 6 heteroatoms. The smallest absolute Gasteiger partial charge is 0.271 e. The van der Waals surface area contributed by atoms with Gasteiger partial charge in [-0.15, -0.1) is 0 Å². The molecule has 5 rings (SSSR count). The average molecular weight is 398 g/mol. The van der Waals surface area contributed by atoms with Gasteiger partial charge in [-0.2, -0.15) is 5.10 Å². The number of likely N-dealkylation sites (tertiary alicyclic amines) is 1. The lowest BCUT2D eigenvalue weighted by atomic mass is 9.94. The Morgan fingerprint density at radius 3 is 2.73 bits per heavy atom. The van der Waals surface area contributed by atoms with Crippen molar-refractivity contribution < 1.29 is 9.90 Å². The molecule has 1 fully saturated rings. The summed E-state index contributed by atoms with van der Waals surface area (Å²) in [5.41, 5.74) is 4.22. The maximum Gasteiger partial charge on any atom is 0.271 e. The lowest BCUT2D eigenvalue weighted by Gasteiger charge is -2.16. The number of carbonyl (C=O) groups is 1. The van der Waals surface area contributed by atoms with Crippen molar-refractivity contribution in [2.24, 2.45) is 5.92 Å². The fourth-order valence-electron chi connectivity index (χ4n) is 4.19. The number of hydrogen-bond donors (Lipinski definition) is 2. The van der Waals surface area contributed by atoms with Crippen molar-refractivity contribution in [1.29, 1.82) is 0 Å². The number of carbonyl (C=O) groups excluding carboxylic acids is 1. The molecule has 0 bridgehead atoms. The van der Waals surface area contributed by atoms with Gasteiger partial charge in [-0.3, -0.25) is 14.9 Å². The molecule has 0 spiro atoms. The molecule has 2 aromatic heterocycles. The molecule has 2 atom stereocenters. The number of β-amino-alcohol motifs (C(OH)–C–C–N with tert-alkyl or cyclic N) is 1. The molecule has 6 nitrogen and oxygen atoms in total. The predicted octanol–water partition coefficient (Wildman–Crippen LogP) is 3.30. The molecule has 0 saturated carbocycles. The number of hydrogen-bond acceptors (Lipinski definition) is 4. The lowest BCUT2D eigenvalue weighted by molar-refractivity contribution is 0.0759. The Labute approximate surface area is 174 Å². The molecule has 4 aromatic rings. The number of para-hydroxylation sites is 1. The van der Waals surface area contributed by atoms with Crippen LogP contribution in [-0.4, -0.2) is 50.3 Å². The van der Waals surface area contributed by atoms with Gasteiger partial charge >= 0.3 is 0 Å². The molecule has 150 valence electrons. The number of aliphatic hydroxyl groups is 1. The maximum absolute atomic E-state index is 13.0. The average Bonchev–Trinajstić information content (AvgIpc) is 3.42. The molecular formula is C24H22N4O2. The molecule has 2 N–H and O–H groups in total. The summed E-state index contributed by atoms with van der Waals surface area (Å²) in [6, 6.07) is 21.5. The van der Waals surface area contributed by atoms with E-state index in [0.29, 0.717) is 25.2 Å². The third-order valence-electron chi connectivity index (χ3n) is 5.79. The summed E-state index contributed by atoms with van der Waals surface area (Å²) in [5, 5.41) is 18.9. The van der Waals surface area contributed by atoms with E-state index < -0.39 is 6.10 Å². The summed E-state index contributed by atoms with van der Waals surface area (Å²) >= 11 is 0. The molecular weight excluding hydrogens is 376 g/mol. The second-order valence-corrected chi connectivity index (χ2v) is 7.76. The number of aromatic nitrogens is 3. The van der Waals surface area contributed by atoms with Gasteiger partial charge in [0.1, 0.15) is 5.69 Å². The summed E-state index contributed by atoms with van der Waals surface area (Å²) in [6.45, 7) is 0.836. The first kappa shape index (κ1) is 18.5. The van der Waals surface area contributed by atoms with E-state index in [-0.39, 0.29) is 11.8 Å². The molecule has 1 amide bonds. The molecule has 1 aliphatic rings. The van der Waals surface area contributed by atoms with Gasteiger partial charge < -0.3 is 10.0 Å². The van der Waals surface area contributed by atoms with Crippen LogP contribution in [0.25, 0.3) is 22.2 Å². The number of aliphatic hydroxyl groups excluding tert-OH is 1. The monoisotopic (exact) mass is 398 g/mol. The van der Waals surface area contributed by atoms with Gasteiger partial charge in [0.15, 0.2) is 0 Å². The minimum absolute atomic E-state index is 0.0173. The first-order valence-electron chi connectivity index (χ1n) is 10.1. The Bertz CT molecular complexity index is 1180. The van der Waals surface area contributed by atoms with Gasteiger partial charge in [0.2, 0.25) is 0 Å². The molecule has 0 radical (unpaired) electrons. The number of fused-ring (bicyclic) bond motifs is 1. The number of rotatable bonds is 4. The van der Waals surface area contributed by atoms with E-state index in [4.69, 9.17) is 0 Å². The van der Waals surface area contributed by atoms with Crippen LogP contribution in [0.15, 0.2) is 72.9 Å². The fourth-order valence-corrected chi connectivity index (χ4v) is 4.19. The number of aromatic amines is 1. The molecule has 30 heavy (non-hydrogen) atoms. The van der Waals surface area contributed by atoms with Crippen LogP contribution in [0.4, 0.5) is 0 Å². The van der Waals surface area contributed by atoms with Crippen molar-refractivity contribution in [3.05, 3.63) is 84.2 Å². The largest absolute Gasteiger partial charge is 0.391 e. The van der Waals surface area contributed by atoms with Gasteiger partial charge in [0, 0.05) is 36.2 Å². The van der Waals surface area contributed by atoms with E-state index in [1.165, 1.54) is 0 Å². The van der Waals surface area contributed by atoms with E-state index in [2.05, 4.69) is 21.2 Å². The molecule has 1 aliphatic heterocycles. The molecule has 1 saturated heterocycles. The van der Waals surface area contributed by atoms with Crippen LogP contribution < -0.4 is 0 Å². The van der Waals surface area contributed by atoms with Gasteiger partial charge in [-0.05, 0) is 30.2 Å². The zero-order valence-corrected chi connectivity index (χ0v) is 16.4. The highest BCUT2D eigenvalue weighted by atomic mass is 16.3. The first-order valence-corrected chi connectivity index (χ1v) is 10.1. The highest BCUT2D eigenvalue weighted by Gasteiger charge is 2.35. The number of pyridine rings is 1. The topological polar surface area (TPSA) is 82.1 Å². The zero-order valence-electron chi connectivity index (χ0n) is 16.4. The predicted molar refractivity (Wildman–Crippen MR) is 115 cm³/mol. The van der Waals surface area contributed by atoms with E-state index >= 15 is 0 Å². The second kappa shape index (κ2) is 7.72. The molecule has 2 aromatic carbocycles. The first-order chi connectivity index (χ1) is 14.7. The minimum Gasteiger partial charge on any atom is -0.391 e. The normalized spacial score (nSPS) is 18.8. The van der Waals surface area contributed by atoms with Gasteiger partial charge in [-0.1, -0.05) is 48.5 Å². The number of nitrogens with one attached hydrogen (secondary N) is 1. The highest BCUT2D eigenvalue weighted by molar-refractivity contribution is 5.93. The van der Waals surface area contributed by atoms with Crippen LogP contribution in [0.5, 0.6) is 0 Å². The van der Waals surface area contributed by atoms with E-state index in [1.54, 1.807) is 17.2 Å². The van der Waals surface area contributed by atoms with Crippen LogP contribution >= 0.6 is 0 Å². The Kier molecular flexibility index (Phi) is 4.77. The summed E-state index contributed by atoms with van der Waals surface area (Å²) in [7, 11) is 0. The number of amides is 1.